The largest absolute Gasteiger partial charge is 0.506 e. The average Bonchev–Trinajstić information content (AvgIpc) is 2.44. The summed E-state index contributed by atoms with van der Waals surface area (Å²) in [4.78, 5) is 0. The quantitative estimate of drug-likeness (QED) is 0.722. The van der Waals surface area contributed by atoms with E-state index in [0.717, 1.165) is 15.6 Å². The van der Waals surface area contributed by atoms with E-state index in [2.05, 4.69) is 0 Å². The minimum atomic E-state index is 0.252. The molecule has 0 saturated carbocycles. The van der Waals surface area contributed by atoms with E-state index < -0.39 is 0 Å². The molecule has 1 nitrogen and oxygen atoms in total. The van der Waals surface area contributed by atoms with Crippen LogP contribution in [-0.4, -0.2) is 5.11 Å². The van der Waals surface area contributed by atoms with Gasteiger partial charge in [-0.05, 0) is 18.6 Å². The molecule has 2 rings (SSSR count). The fourth-order valence-electron chi connectivity index (χ4n) is 1.29. The molecule has 1 heterocycles. The lowest BCUT2D eigenvalue weighted by atomic mass is 10.1. The number of hydrogen-bond donors (Lipinski definition) is 1. The molecule has 4 heteroatoms. The summed E-state index contributed by atoms with van der Waals surface area (Å²) in [6.45, 7) is 1.87. The summed E-state index contributed by atoms with van der Waals surface area (Å²) in [5, 5.41) is 13.1. The van der Waals surface area contributed by atoms with Crippen molar-refractivity contribution >= 4 is 44.6 Å². The first-order valence-electron chi connectivity index (χ1n) is 3.66. The Kier molecular flexibility index (Phi) is 2.14. The van der Waals surface area contributed by atoms with Crippen LogP contribution >= 0.6 is 34.5 Å². The van der Waals surface area contributed by atoms with Gasteiger partial charge in [-0.1, -0.05) is 23.2 Å². The normalized spacial score (nSPS) is 11.0. The molecule has 0 atom stereocenters. The van der Waals surface area contributed by atoms with E-state index in [1.165, 1.54) is 11.3 Å². The summed E-state index contributed by atoms with van der Waals surface area (Å²) in [5.74, 6) is 0.252. The van der Waals surface area contributed by atoms with E-state index in [-0.39, 0.29) is 5.75 Å². The van der Waals surface area contributed by atoms with E-state index in [1.54, 1.807) is 11.4 Å². The topological polar surface area (TPSA) is 20.2 Å². The smallest absolute Gasteiger partial charge is 0.134 e. The first-order chi connectivity index (χ1) is 6.11. The molecular formula is C9H6Cl2OS. The van der Waals surface area contributed by atoms with Crippen molar-refractivity contribution in [2.75, 3.05) is 0 Å². The highest BCUT2D eigenvalue weighted by molar-refractivity contribution is 7.18. The fraction of sp³-hybridized carbons (Fsp3) is 0.111. The Balaban J connectivity index is 3.00. The molecule has 0 radical (unpaired) electrons. The van der Waals surface area contributed by atoms with Gasteiger partial charge in [0.15, 0.2) is 0 Å². The number of halogens is 2. The Morgan fingerprint density at radius 3 is 2.69 bits per heavy atom. The van der Waals surface area contributed by atoms with Crippen LogP contribution in [0, 0.1) is 6.92 Å². The second kappa shape index (κ2) is 3.05. The van der Waals surface area contributed by atoms with Crippen LogP contribution in [0.25, 0.3) is 10.1 Å². The van der Waals surface area contributed by atoms with E-state index in [0.29, 0.717) is 10.0 Å². The van der Waals surface area contributed by atoms with Gasteiger partial charge in [0.2, 0.25) is 0 Å². The van der Waals surface area contributed by atoms with Crippen LogP contribution in [0.5, 0.6) is 5.75 Å². The Morgan fingerprint density at radius 2 is 2.00 bits per heavy atom. The van der Waals surface area contributed by atoms with Crippen LogP contribution < -0.4 is 0 Å². The molecule has 0 fully saturated rings. The van der Waals surface area contributed by atoms with Gasteiger partial charge in [0.05, 0.1) is 9.72 Å². The van der Waals surface area contributed by atoms with E-state index in [4.69, 9.17) is 23.2 Å². The van der Waals surface area contributed by atoms with Crippen LogP contribution in [0.3, 0.4) is 0 Å². The summed E-state index contributed by atoms with van der Waals surface area (Å²) >= 11 is 13.3. The van der Waals surface area contributed by atoms with Gasteiger partial charge >= 0.3 is 0 Å². The second-order valence-electron chi connectivity index (χ2n) is 2.79. The first-order valence-corrected chi connectivity index (χ1v) is 5.29. The van der Waals surface area contributed by atoms with Crippen molar-refractivity contribution in [2.24, 2.45) is 0 Å². The maximum Gasteiger partial charge on any atom is 0.134 e. The van der Waals surface area contributed by atoms with Gasteiger partial charge in [-0.3, -0.25) is 0 Å². The summed E-state index contributed by atoms with van der Waals surface area (Å²) in [7, 11) is 0. The zero-order chi connectivity index (χ0) is 9.59. The summed E-state index contributed by atoms with van der Waals surface area (Å²) < 4.78 is 0.890. The van der Waals surface area contributed by atoms with Crippen LogP contribution in [0.1, 0.15) is 5.56 Å². The lowest BCUT2D eigenvalue weighted by molar-refractivity contribution is 0.483. The minimum Gasteiger partial charge on any atom is -0.506 e. The van der Waals surface area contributed by atoms with Gasteiger partial charge < -0.3 is 5.11 Å². The molecule has 0 spiro atoms. The van der Waals surface area contributed by atoms with Crippen molar-refractivity contribution in [3.8, 4) is 5.75 Å². The van der Waals surface area contributed by atoms with E-state index in [9.17, 15) is 5.11 Å². The Hall–Kier alpha value is -0.440. The van der Waals surface area contributed by atoms with E-state index in [1.807, 2.05) is 6.92 Å². The van der Waals surface area contributed by atoms with Crippen LogP contribution in [0.2, 0.25) is 10.0 Å². The van der Waals surface area contributed by atoms with E-state index >= 15 is 0 Å². The third-order valence-electron chi connectivity index (χ3n) is 1.98. The summed E-state index contributed by atoms with van der Waals surface area (Å²) in [5.41, 5.74) is 0.875. The Labute approximate surface area is 89.5 Å². The lowest BCUT2D eigenvalue weighted by Gasteiger charge is -2.01. The van der Waals surface area contributed by atoms with Crippen LogP contribution in [-0.2, 0) is 0 Å². The molecule has 1 aromatic carbocycles. The molecule has 1 aromatic heterocycles. The van der Waals surface area contributed by atoms with Crippen molar-refractivity contribution in [2.45, 2.75) is 6.92 Å². The zero-order valence-electron chi connectivity index (χ0n) is 6.77. The van der Waals surface area contributed by atoms with Crippen LogP contribution in [0.15, 0.2) is 11.4 Å². The van der Waals surface area contributed by atoms with Crippen molar-refractivity contribution < 1.29 is 5.11 Å². The Bertz CT molecular complexity index is 476. The van der Waals surface area contributed by atoms with Crippen molar-refractivity contribution in [3.63, 3.8) is 0 Å². The van der Waals surface area contributed by atoms with Gasteiger partial charge in [0.25, 0.3) is 0 Å². The number of fused-ring (bicyclic) bond motifs is 1. The second-order valence-corrected chi connectivity index (χ2v) is 4.48. The van der Waals surface area contributed by atoms with Crippen molar-refractivity contribution in [3.05, 3.63) is 27.1 Å². The van der Waals surface area contributed by atoms with Gasteiger partial charge in [-0.2, -0.15) is 0 Å². The number of aromatic hydroxyl groups is 1. The van der Waals surface area contributed by atoms with Gasteiger partial charge in [0.1, 0.15) is 5.75 Å². The predicted octanol–water partition coefficient (Wildman–Crippen LogP) is 4.22. The highest BCUT2D eigenvalue weighted by atomic mass is 35.5. The van der Waals surface area contributed by atoms with Gasteiger partial charge in [0, 0.05) is 15.8 Å². The lowest BCUT2D eigenvalue weighted by Crippen LogP contribution is -1.77. The molecule has 0 unspecified atom stereocenters. The van der Waals surface area contributed by atoms with Crippen molar-refractivity contribution in [1.29, 1.82) is 0 Å². The Morgan fingerprint density at radius 1 is 1.31 bits per heavy atom. The number of hydrogen-bond acceptors (Lipinski definition) is 2. The number of benzene rings is 1. The standard InChI is InChI=1S/C9H6Cl2OS/c1-4-5(10)2-6(11)9-8(4)7(12)3-13-9/h2-3,12H,1H3. The van der Waals surface area contributed by atoms with Gasteiger partial charge in [-0.25, -0.2) is 0 Å². The highest BCUT2D eigenvalue weighted by Crippen LogP contribution is 2.41. The minimum absolute atomic E-state index is 0.252. The average molecular weight is 233 g/mol. The third kappa shape index (κ3) is 1.30. The zero-order valence-corrected chi connectivity index (χ0v) is 9.09. The van der Waals surface area contributed by atoms with Gasteiger partial charge in [-0.15, -0.1) is 11.3 Å². The molecule has 0 aliphatic rings. The van der Waals surface area contributed by atoms with Crippen LogP contribution in [0.4, 0.5) is 0 Å². The summed E-state index contributed by atoms with van der Waals surface area (Å²) in [6, 6.07) is 1.71. The molecule has 68 valence electrons. The SMILES string of the molecule is Cc1c(Cl)cc(Cl)c2scc(O)c12. The molecular weight excluding hydrogens is 227 g/mol. The molecule has 13 heavy (non-hydrogen) atoms. The maximum atomic E-state index is 9.53. The number of thiophene rings is 1. The molecule has 2 aromatic rings. The first kappa shape index (κ1) is 9.13. The number of aryl methyl sites for hydroxylation is 1. The molecule has 0 bridgehead atoms. The van der Waals surface area contributed by atoms with Crippen molar-refractivity contribution in [1.82, 2.24) is 0 Å². The third-order valence-corrected chi connectivity index (χ3v) is 3.78. The maximum absolute atomic E-state index is 9.53. The molecule has 0 aliphatic carbocycles. The monoisotopic (exact) mass is 232 g/mol. The highest BCUT2D eigenvalue weighted by Gasteiger charge is 2.11. The molecule has 0 saturated heterocycles. The fourth-order valence-corrected chi connectivity index (χ4v) is 2.78. The summed E-state index contributed by atoms with van der Waals surface area (Å²) in [6.07, 6.45) is 0. The predicted molar refractivity (Wildman–Crippen MR) is 58.2 cm³/mol. The molecule has 0 amide bonds. The number of rotatable bonds is 0. The molecule has 0 aliphatic heterocycles. The molecule has 1 N–H and O–H groups in total.